The Morgan fingerprint density at radius 2 is 1.91 bits per heavy atom. The number of benzene rings is 2. The Hall–Kier alpha value is -3.08. The van der Waals surface area contributed by atoms with E-state index in [0.717, 1.165) is 10.9 Å². The molecule has 1 aromatic heterocycles. The average molecular weight is 310 g/mol. The van der Waals surface area contributed by atoms with Gasteiger partial charge in [0.1, 0.15) is 16.9 Å². The number of hydrogen-bond acceptors (Lipinski definition) is 5. The standard InChI is InChI=1S/C18H14O5/c1-11-6-7-13(14(19)8-11)18(21)22-10-15(20)17-9-12-4-2-3-5-16(12)23-17/h2-9,19H,10H2,1H3. The fourth-order valence-electron chi connectivity index (χ4n) is 2.21. The van der Waals surface area contributed by atoms with Gasteiger partial charge in [0, 0.05) is 5.39 Å². The number of hydrogen-bond donors (Lipinski definition) is 1. The number of ether oxygens (including phenoxy) is 1. The molecule has 0 unspecified atom stereocenters. The second kappa shape index (κ2) is 5.96. The number of carbonyl (C=O) groups is 2. The Morgan fingerprint density at radius 1 is 1.13 bits per heavy atom. The van der Waals surface area contributed by atoms with Gasteiger partial charge >= 0.3 is 5.97 Å². The van der Waals surface area contributed by atoms with E-state index in [1.165, 1.54) is 12.1 Å². The van der Waals surface area contributed by atoms with Crippen LogP contribution in [0.25, 0.3) is 11.0 Å². The molecule has 3 rings (SSSR count). The van der Waals surface area contributed by atoms with Gasteiger partial charge in [-0.1, -0.05) is 24.3 Å². The Kier molecular flexibility index (Phi) is 3.85. The number of Topliss-reactive ketones (excluding diaryl/α,β-unsaturated/α-hetero) is 1. The third-order valence-electron chi connectivity index (χ3n) is 3.41. The zero-order valence-corrected chi connectivity index (χ0v) is 12.4. The molecule has 0 aliphatic carbocycles. The molecule has 1 heterocycles. The molecule has 0 aliphatic rings. The van der Waals surface area contributed by atoms with Crippen molar-refractivity contribution in [2.75, 3.05) is 6.61 Å². The minimum absolute atomic E-state index is 0.0213. The van der Waals surface area contributed by atoms with Gasteiger partial charge in [0.2, 0.25) is 5.78 Å². The second-order valence-electron chi connectivity index (χ2n) is 5.17. The van der Waals surface area contributed by atoms with Gasteiger partial charge in [-0.05, 0) is 36.8 Å². The third kappa shape index (κ3) is 3.08. The van der Waals surface area contributed by atoms with E-state index in [0.29, 0.717) is 5.58 Å². The number of furan rings is 1. The monoisotopic (exact) mass is 310 g/mol. The summed E-state index contributed by atoms with van der Waals surface area (Å²) in [6.45, 7) is 1.34. The van der Waals surface area contributed by atoms with Crippen molar-refractivity contribution in [2.24, 2.45) is 0 Å². The van der Waals surface area contributed by atoms with Crippen molar-refractivity contribution in [2.45, 2.75) is 6.92 Å². The number of carbonyl (C=O) groups excluding carboxylic acids is 2. The number of phenolic OH excluding ortho intramolecular Hbond substituents is 1. The van der Waals surface area contributed by atoms with Crippen molar-refractivity contribution in [1.82, 2.24) is 0 Å². The maximum Gasteiger partial charge on any atom is 0.342 e. The smallest absolute Gasteiger partial charge is 0.342 e. The number of esters is 1. The van der Waals surface area contributed by atoms with Crippen LogP contribution in [0.2, 0.25) is 0 Å². The first-order chi connectivity index (χ1) is 11.0. The van der Waals surface area contributed by atoms with E-state index < -0.39 is 18.4 Å². The van der Waals surface area contributed by atoms with Crippen LogP contribution in [-0.4, -0.2) is 23.5 Å². The van der Waals surface area contributed by atoms with Crippen LogP contribution in [0.5, 0.6) is 5.75 Å². The molecule has 1 N–H and O–H groups in total. The number of aryl methyl sites for hydroxylation is 1. The minimum atomic E-state index is -0.757. The maximum absolute atomic E-state index is 12.1. The third-order valence-corrected chi connectivity index (χ3v) is 3.41. The Morgan fingerprint density at radius 3 is 2.65 bits per heavy atom. The van der Waals surface area contributed by atoms with Crippen LogP contribution in [0, 0.1) is 6.92 Å². The van der Waals surface area contributed by atoms with E-state index in [4.69, 9.17) is 9.15 Å². The fourth-order valence-corrected chi connectivity index (χ4v) is 2.21. The van der Waals surface area contributed by atoms with E-state index >= 15 is 0 Å². The van der Waals surface area contributed by atoms with Crippen LogP contribution in [-0.2, 0) is 4.74 Å². The summed E-state index contributed by atoms with van der Waals surface area (Å²) in [5.41, 5.74) is 1.43. The van der Waals surface area contributed by atoms with Gasteiger partial charge in [-0.3, -0.25) is 4.79 Å². The summed E-state index contributed by atoms with van der Waals surface area (Å²) in [7, 11) is 0. The number of rotatable bonds is 4. The molecule has 5 nitrogen and oxygen atoms in total. The Balaban J connectivity index is 1.69. The van der Waals surface area contributed by atoms with E-state index in [1.807, 2.05) is 12.1 Å². The van der Waals surface area contributed by atoms with Gasteiger partial charge in [0.05, 0.1) is 0 Å². The van der Waals surface area contributed by atoms with Gasteiger partial charge < -0.3 is 14.3 Å². The molecule has 3 aromatic rings. The molecule has 0 amide bonds. The highest BCUT2D eigenvalue weighted by Gasteiger charge is 2.17. The van der Waals surface area contributed by atoms with Gasteiger partial charge in [-0.2, -0.15) is 0 Å². The molecular formula is C18H14O5. The molecule has 0 fully saturated rings. The molecule has 2 aromatic carbocycles. The van der Waals surface area contributed by atoms with Crippen molar-refractivity contribution in [1.29, 1.82) is 0 Å². The average Bonchev–Trinajstić information content (AvgIpc) is 2.96. The van der Waals surface area contributed by atoms with E-state index in [1.54, 1.807) is 31.2 Å². The Labute approximate surface area is 132 Å². The van der Waals surface area contributed by atoms with Gasteiger partial charge in [0.25, 0.3) is 0 Å². The first kappa shape index (κ1) is 14.8. The predicted molar refractivity (Wildman–Crippen MR) is 83.7 cm³/mol. The predicted octanol–water partition coefficient (Wildman–Crippen LogP) is 3.49. The summed E-state index contributed by atoms with van der Waals surface area (Å²) < 4.78 is 10.4. The van der Waals surface area contributed by atoms with Crippen molar-refractivity contribution in [3.63, 3.8) is 0 Å². The maximum atomic E-state index is 12.1. The lowest BCUT2D eigenvalue weighted by molar-refractivity contribution is 0.0465. The highest BCUT2D eigenvalue weighted by molar-refractivity contribution is 6.00. The van der Waals surface area contributed by atoms with Crippen LogP contribution in [0.1, 0.15) is 26.5 Å². The number of aromatic hydroxyl groups is 1. The highest BCUT2D eigenvalue weighted by Crippen LogP contribution is 2.21. The van der Waals surface area contributed by atoms with E-state index in [-0.39, 0.29) is 17.1 Å². The molecule has 0 atom stereocenters. The summed E-state index contributed by atoms with van der Waals surface area (Å²) in [5.74, 6) is -1.24. The molecule has 0 saturated heterocycles. The van der Waals surface area contributed by atoms with Crippen LogP contribution in [0.4, 0.5) is 0 Å². The lowest BCUT2D eigenvalue weighted by Gasteiger charge is -2.05. The van der Waals surface area contributed by atoms with Crippen molar-refractivity contribution >= 4 is 22.7 Å². The largest absolute Gasteiger partial charge is 0.507 e. The lowest BCUT2D eigenvalue weighted by atomic mass is 10.1. The van der Waals surface area contributed by atoms with E-state index in [9.17, 15) is 14.7 Å². The minimum Gasteiger partial charge on any atom is -0.507 e. The highest BCUT2D eigenvalue weighted by atomic mass is 16.5. The molecule has 0 spiro atoms. The molecule has 0 saturated carbocycles. The number of fused-ring (bicyclic) bond motifs is 1. The zero-order chi connectivity index (χ0) is 16.4. The second-order valence-corrected chi connectivity index (χ2v) is 5.17. The van der Waals surface area contributed by atoms with Gasteiger partial charge in [0.15, 0.2) is 12.4 Å². The number of para-hydroxylation sites is 1. The topological polar surface area (TPSA) is 76.7 Å². The fraction of sp³-hybridized carbons (Fsp3) is 0.111. The van der Waals surface area contributed by atoms with E-state index in [2.05, 4.69) is 0 Å². The van der Waals surface area contributed by atoms with Gasteiger partial charge in [-0.25, -0.2) is 4.79 Å². The van der Waals surface area contributed by atoms with Gasteiger partial charge in [-0.15, -0.1) is 0 Å². The summed E-state index contributed by atoms with van der Waals surface area (Å²) >= 11 is 0. The van der Waals surface area contributed by atoms with Crippen molar-refractivity contribution in [3.8, 4) is 5.75 Å². The quantitative estimate of drug-likeness (QED) is 0.589. The summed E-state index contributed by atoms with van der Waals surface area (Å²) in [4.78, 5) is 24.0. The molecule has 23 heavy (non-hydrogen) atoms. The van der Waals surface area contributed by atoms with Crippen LogP contribution in [0.15, 0.2) is 52.9 Å². The molecule has 0 bridgehead atoms. The first-order valence-corrected chi connectivity index (χ1v) is 7.03. The summed E-state index contributed by atoms with van der Waals surface area (Å²) in [6, 6.07) is 13.4. The zero-order valence-electron chi connectivity index (χ0n) is 12.4. The van der Waals surface area contributed by atoms with Crippen molar-refractivity contribution < 1.29 is 23.8 Å². The molecule has 5 heteroatoms. The normalized spacial score (nSPS) is 10.7. The van der Waals surface area contributed by atoms with Crippen LogP contribution in [0.3, 0.4) is 0 Å². The molecule has 0 aliphatic heterocycles. The molecular weight excluding hydrogens is 296 g/mol. The Bertz CT molecular complexity index is 858. The summed E-state index contributed by atoms with van der Waals surface area (Å²) in [5, 5.41) is 10.5. The lowest BCUT2D eigenvalue weighted by Crippen LogP contribution is -2.14. The summed E-state index contributed by atoms with van der Waals surface area (Å²) in [6.07, 6.45) is 0. The van der Waals surface area contributed by atoms with Crippen molar-refractivity contribution in [3.05, 3.63) is 65.4 Å². The number of ketones is 1. The SMILES string of the molecule is Cc1ccc(C(=O)OCC(=O)c2cc3ccccc3o2)c(O)c1. The first-order valence-electron chi connectivity index (χ1n) is 7.03. The van der Waals surface area contributed by atoms with Crippen LogP contribution < -0.4 is 0 Å². The number of phenols is 1. The van der Waals surface area contributed by atoms with Crippen LogP contribution >= 0.6 is 0 Å². The molecule has 116 valence electrons. The molecule has 0 radical (unpaired) electrons.